The number of hydrogen-bond acceptors (Lipinski definition) is 4. The van der Waals surface area contributed by atoms with E-state index in [4.69, 9.17) is 14.1 Å². The Bertz CT molecular complexity index is 1830. The van der Waals surface area contributed by atoms with Crippen LogP contribution < -0.4 is 10.1 Å². The van der Waals surface area contributed by atoms with Crippen LogP contribution in [0.15, 0.2) is 144 Å². The molecule has 0 radical (unpaired) electrons. The first kappa shape index (κ1) is 28.4. The molecule has 1 aliphatic rings. The number of oxazole rings is 1. The summed E-state index contributed by atoms with van der Waals surface area (Å²) < 4.78 is 12.7. The molecule has 2 atom stereocenters. The average molecular weight is 591 g/mol. The van der Waals surface area contributed by atoms with E-state index in [9.17, 15) is 4.79 Å². The van der Waals surface area contributed by atoms with Gasteiger partial charge in [-0.1, -0.05) is 110 Å². The molecule has 0 bridgehead atoms. The Morgan fingerprint density at radius 3 is 2.22 bits per heavy atom. The van der Waals surface area contributed by atoms with Crippen molar-refractivity contribution < 1.29 is 13.9 Å². The molecule has 222 valence electrons. The van der Waals surface area contributed by atoms with E-state index in [1.807, 2.05) is 109 Å². The van der Waals surface area contributed by atoms with Gasteiger partial charge in [0.05, 0.1) is 5.69 Å². The predicted molar refractivity (Wildman–Crippen MR) is 179 cm³/mol. The third-order valence-electron chi connectivity index (χ3n) is 8.50. The molecule has 1 aromatic heterocycles. The maximum absolute atomic E-state index is 13.4. The van der Waals surface area contributed by atoms with Gasteiger partial charge < -0.3 is 14.5 Å². The maximum Gasteiger partial charge on any atom is 0.255 e. The van der Waals surface area contributed by atoms with Crippen molar-refractivity contribution in [1.82, 2.24) is 4.98 Å². The second-order valence-corrected chi connectivity index (χ2v) is 11.5. The summed E-state index contributed by atoms with van der Waals surface area (Å²) in [4.78, 5) is 18.5. The first-order chi connectivity index (χ1) is 22.2. The average Bonchev–Trinajstić information content (AvgIpc) is 3.75. The zero-order valence-corrected chi connectivity index (χ0v) is 24.9. The number of para-hydroxylation sites is 3. The summed E-state index contributed by atoms with van der Waals surface area (Å²) in [5, 5.41) is 3.05. The first-order valence-electron chi connectivity index (χ1n) is 15.5. The zero-order valence-electron chi connectivity index (χ0n) is 24.9. The van der Waals surface area contributed by atoms with Crippen molar-refractivity contribution in [1.29, 1.82) is 0 Å². The molecule has 5 heteroatoms. The minimum Gasteiger partial charge on any atom is -0.455 e. The Morgan fingerprint density at radius 1 is 0.756 bits per heavy atom. The number of amides is 1. The van der Waals surface area contributed by atoms with Crippen LogP contribution in [0.25, 0.3) is 22.6 Å². The standard InChI is InChI=1S/C40H34N2O3/c43-39(41-35-24-10-11-25-36(35)44-33-21-8-3-9-22-33)32-20-12-14-28(27-32)26-31-19-13-23-34(31)40-42-37(29-15-4-1-5-16-29)38(45-40)30-17-6-2-7-18-30/h1-12,14-18,20-22,24-25,27,31,34H,13,19,23,26H2,(H,41,43). The lowest BCUT2D eigenvalue weighted by Gasteiger charge is -2.17. The van der Waals surface area contributed by atoms with Crippen LogP contribution in [0, 0.1) is 5.92 Å². The van der Waals surface area contributed by atoms with Crippen molar-refractivity contribution in [3.8, 4) is 34.1 Å². The van der Waals surface area contributed by atoms with E-state index >= 15 is 0 Å². The molecule has 1 fully saturated rings. The predicted octanol–water partition coefficient (Wildman–Crippen LogP) is 10.2. The summed E-state index contributed by atoms with van der Waals surface area (Å²) in [6.07, 6.45) is 4.10. The second-order valence-electron chi connectivity index (χ2n) is 11.5. The Morgan fingerprint density at radius 2 is 1.44 bits per heavy atom. The van der Waals surface area contributed by atoms with Gasteiger partial charge in [-0.15, -0.1) is 0 Å². The lowest BCUT2D eigenvalue weighted by molar-refractivity contribution is 0.102. The molecule has 1 aliphatic carbocycles. The topological polar surface area (TPSA) is 64.4 Å². The highest BCUT2D eigenvalue weighted by molar-refractivity contribution is 6.05. The van der Waals surface area contributed by atoms with Crippen LogP contribution in [0.4, 0.5) is 5.69 Å². The van der Waals surface area contributed by atoms with Gasteiger partial charge in [-0.2, -0.15) is 0 Å². The van der Waals surface area contributed by atoms with Crippen molar-refractivity contribution in [2.75, 3.05) is 5.32 Å². The number of ether oxygens (including phenoxy) is 1. The van der Waals surface area contributed by atoms with Crippen LogP contribution in [0.5, 0.6) is 11.5 Å². The number of carbonyl (C=O) groups excluding carboxylic acids is 1. The second kappa shape index (κ2) is 13.1. The third kappa shape index (κ3) is 6.43. The molecular weight excluding hydrogens is 556 g/mol. The molecule has 5 nitrogen and oxygen atoms in total. The highest BCUT2D eigenvalue weighted by Gasteiger charge is 2.34. The smallest absolute Gasteiger partial charge is 0.255 e. The van der Waals surface area contributed by atoms with E-state index in [1.165, 1.54) is 0 Å². The summed E-state index contributed by atoms with van der Waals surface area (Å²) in [5.41, 5.74) is 5.34. The SMILES string of the molecule is O=C(Nc1ccccc1Oc1ccccc1)c1cccc(CC2CCCC2c2nc(-c3ccccc3)c(-c3ccccc3)o2)c1. The molecule has 45 heavy (non-hydrogen) atoms. The van der Waals surface area contributed by atoms with Gasteiger partial charge in [-0.25, -0.2) is 4.98 Å². The zero-order chi connectivity index (χ0) is 30.4. The molecule has 0 spiro atoms. The van der Waals surface area contributed by atoms with Crippen molar-refractivity contribution >= 4 is 11.6 Å². The molecule has 7 rings (SSSR count). The lowest BCUT2D eigenvalue weighted by atomic mass is 9.89. The number of aromatic nitrogens is 1. The largest absolute Gasteiger partial charge is 0.455 e. The quantitative estimate of drug-likeness (QED) is 0.182. The molecule has 6 aromatic rings. The number of hydrogen-bond donors (Lipinski definition) is 1. The van der Waals surface area contributed by atoms with E-state index in [1.54, 1.807) is 0 Å². The van der Waals surface area contributed by atoms with Crippen molar-refractivity contribution in [2.45, 2.75) is 31.6 Å². The van der Waals surface area contributed by atoms with Crippen LogP contribution in [-0.4, -0.2) is 10.9 Å². The Kier molecular flexibility index (Phi) is 8.23. The number of anilines is 1. The number of nitrogens with one attached hydrogen (secondary N) is 1. The summed E-state index contributed by atoms with van der Waals surface area (Å²) in [7, 11) is 0. The first-order valence-corrected chi connectivity index (χ1v) is 15.5. The van der Waals surface area contributed by atoms with Gasteiger partial charge in [0.15, 0.2) is 17.4 Å². The van der Waals surface area contributed by atoms with Gasteiger partial charge in [0.1, 0.15) is 11.4 Å². The fraction of sp³-hybridized carbons (Fsp3) is 0.150. The number of rotatable bonds is 9. The van der Waals surface area contributed by atoms with Crippen LogP contribution >= 0.6 is 0 Å². The van der Waals surface area contributed by atoms with Crippen LogP contribution in [0.1, 0.15) is 47.0 Å². The van der Waals surface area contributed by atoms with Gasteiger partial charge in [0, 0.05) is 22.6 Å². The third-order valence-corrected chi connectivity index (χ3v) is 8.50. The summed E-state index contributed by atoms with van der Waals surface area (Å²) in [5.74, 6) is 3.34. The molecule has 0 aliphatic heterocycles. The van der Waals surface area contributed by atoms with Gasteiger partial charge in [-0.05, 0) is 67.1 Å². The maximum atomic E-state index is 13.4. The van der Waals surface area contributed by atoms with E-state index in [2.05, 4.69) is 35.6 Å². The highest BCUT2D eigenvalue weighted by atomic mass is 16.5. The Labute approximate surface area is 263 Å². The van der Waals surface area contributed by atoms with Crippen LogP contribution in [-0.2, 0) is 6.42 Å². The van der Waals surface area contributed by atoms with E-state index < -0.39 is 0 Å². The number of benzene rings is 5. The monoisotopic (exact) mass is 590 g/mol. The molecule has 2 unspecified atom stereocenters. The minimum absolute atomic E-state index is 0.170. The van der Waals surface area contributed by atoms with Crippen LogP contribution in [0.3, 0.4) is 0 Å². The van der Waals surface area contributed by atoms with Crippen molar-refractivity contribution in [3.05, 3.63) is 157 Å². The van der Waals surface area contributed by atoms with Gasteiger partial charge in [0.25, 0.3) is 5.91 Å². The minimum atomic E-state index is -0.170. The summed E-state index contributed by atoms with van der Waals surface area (Å²) in [6.45, 7) is 0. The number of nitrogens with zero attached hydrogens (tertiary/aromatic N) is 1. The van der Waals surface area contributed by atoms with Gasteiger partial charge in [-0.3, -0.25) is 4.79 Å². The molecule has 0 saturated heterocycles. The van der Waals surface area contributed by atoms with Crippen LogP contribution in [0.2, 0.25) is 0 Å². The van der Waals surface area contributed by atoms with E-state index in [0.29, 0.717) is 28.7 Å². The van der Waals surface area contributed by atoms with Gasteiger partial charge >= 0.3 is 0 Å². The Hall–Kier alpha value is -5.42. The molecule has 1 N–H and O–H groups in total. The van der Waals surface area contributed by atoms with E-state index in [-0.39, 0.29) is 11.8 Å². The number of carbonyl (C=O) groups is 1. The molecule has 1 amide bonds. The van der Waals surface area contributed by atoms with Crippen molar-refractivity contribution in [3.63, 3.8) is 0 Å². The normalized spacial score (nSPS) is 15.9. The molecular formula is C40H34N2O3. The Balaban J connectivity index is 1.10. The van der Waals surface area contributed by atoms with Gasteiger partial charge in [0.2, 0.25) is 0 Å². The summed E-state index contributed by atoms with van der Waals surface area (Å²) >= 11 is 0. The summed E-state index contributed by atoms with van der Waals surface area (Å²) in [6, 6.07) is 45.5. The fourth-order valence-electron chi connectivity index (χ4n) is 6.29. The van der Waals surface area contributed by atoms with Crippen molar-refractivity contribution in [2.24, 2.45) is 5.92 Å². The fourth-order valence-corrected chi connectivity index (χ4v) is 6.29. The molecule has 1 saturated carbocycles. The molecule has 1 heterocycles. The lowest BCUT2D eigenvalue weighted by Crippen LogP contribution is -2.14. The van der Waals surface area contributed by atoms with E-state index in [0.717, 1.165) is 59.7 Å². The highest BCUT2D eigenvalue weighted by Crippen LogP contribution is 2.44. The molecule has 5 aromatic carbocycles.